The molecule has 1 aromatic carbocycles. The van der Waals surface area contributed by atoms with Crippen LogP contribution in [0.15, 0.2) is 30.4 Å². The van der Waals surface area contributed by atoms with Gasteiger partial charge in [-0.2, -0.15) is 0 Å². The highest BCUT2D eigenvalue weighted by Crippen LogP contribution is 2.33. The summed E-state index contributed by atoms with van der Waals surface area (Å²) < 4.78 is 17.2. The topological polar surface area (TPSA) is 135 Å². The van der Waals surface area contributed by atoms with Gasteiger partial charge < -0.3 is 29.5 Å². The largest absolute Gasteiger partial charge is 0.489 e. The molecule has 0 radical (unpaired) electrons. The van der Waals surface area contributed by atoms with Crippen molar-refractivity contribution in [3.63, 3.8) is 0 Å². The number of hydrogen-bond acceptors (Lipinski definition) is 7. The van der Waals surface area contributed by atoms with E-state index in [4.69, 9.17) is 14.2 Å². The maximum Gasteiger partial charge on any atom is 0.410 e. The van der Waals surface area contributed by atoms with E-state index < -0.39 is 47.7 Å². The highest BCUT2D eigenvalue weighted by molar-refractivity contribution is 5.90. The molecule has 3 heterocycles. The number of cyclic esters (lactones) is 1. The van der Waals surface area contributed by atoms with Crippen LogP contribution in [-0.4, -0.2) is 76.9 Å². The van der Waals surface area contributed by atoms with Crippen molar-refractivity contribution in [2.75, 3.05) is 19.8 Å². The van der Waals surface area contributed by atoms with E-state index in [1.807, 2.05) is 44.2 Å². The Morgan fingerprint density at radius 1 is 1.10 bits per heavy atom. The van der Waals surface area contributed by atoms with Crippen molar-refractivity contribution in [1.29, 1.82) is 0 Å². The molecule has 1 fully saturated rings. The van der Waals surface area contributed by atoms with Crippen molar-refractivity contribution in [2.24, 2.45) is 10.8 Å². The summed E-state index contributed by atoms with van der Waals surface area (Å²) in [6, 6.07) is 3.41. The predicted octanol–water partition coefficient (Wildman–Crippen LogP) is 3.70. The molecule has 11 heteroatoms. The molecule has 40 heavy (non-hydrogen) atoms. The van der Waals surface area contributed by atoms with Gasteiger partial charge in [0.1, 0.15) is 30.5 Å². The Hall–Kier alpha value is -3.76. The van der Waals surface area contributed by atoms with E-state index in [0.29, 0.717) is 31.9 Å². The Morgan fingerprint density at radius 3 is 2.55 bits per heavy atom. The molecule has 3 amide bonds. The molecule has 2 N–H and O–H groups in total. The van der Waals surface area contributed by atoms with Crippen LogP contribution in [0.3, 0.4) is 0 Å². The van der Waals surface area contributed by atoms with E-state index in [0.717, 1.165) is 11.1 Å². The van der Waals surface area contributed by atoms with Gasteiger partial charge in [0.15, 0.2) is 0 Å². The first-order chi connectivity index (χ1) is 18.7. The average Bonchev–Trinajstić information content (AvgIpc) is 3.49. The Balaban J connectivity index is 1.61. The number of amides is 3. The van der Waals surface area contributed by atoms with Crippen LogP contribution in [0.4, 0.5) is 9.59 Å². The van der Waals surface area contributed by atoms with Crippen molar-refractivity contribution < 1.29 is 38.5 Å². The molecule has 11 nitrogen and oxygen atoms in total. The number of carboxylic acid groups (broad SMARTS) is 1. The molecule has 1 aromatic rings. The standard InChI is InChI=1S/C29H39N3O8/c1-28(2,3)23-24(33)32-15-19(13-21(32)25(34)35)40-27(37)31-14-18-9-8-10-22(20(18)16-31)38-12-7-6-11-29(4,5)17-39-26(36)30-23/h6-10,19,21,23H,11-17H2,1-5H3,(H,30,36)(H,34,35)/b7-6+/t19-,21?,23-/m1/s1. The third-order valence-corrected chi connectivity index (χ3v) is 7.44. The summed E-state index contributed by atoms with van der Waals surface area (Å²) in [7, 11) is 0. The fraction of sp³-hybridized carbons (Fsp3) is 0.586. The summed E-state index contributed by atoms with van der Waals surface area (Å²) >= 11 is 0. The smallest absolute Gasteiger partial charge is 0.410 e. The second kappa shape index (κ2) is 11.4. The van der Waals surface area contributed by atoms with Crippen LogP contribution >= 0.6 is 0 Å². The van der Waals surface area contributed by atoms with Crippen molar-refractivity contribution in [3.05, 3.63) is 41.5 Å². The van der Waals surface area contributed by atoms with Gasteiger partial charge in [-0.25, -0.2) is 14.4 Å². The van der Waals surface area contributed by atoms with E-state index in [2.05, 4.69) is 5.32 Å². The maximum atomic E-state index is 13.7. The number of alkyl carbamates (subject to hydrolysis) is 1. The summed E-state index contributed by atoms with van der Waals surface area (Å²) in [6.45, 7) is 10.2. The number of nitrogens with one attached hydrogen (secondary N) is 1. The first kappa shape index (κ1) is 29.2. The second-order valence-electron chi connectivity index (χ2n) is 12.5. The lowest BCUT2D eigenvalue weighted by Gasteiger charge is -2.34. The number of carboxylic acids is 1. The minimum Gasteiger partial charge on any atom is -0.489 e. The molecular formula is C29H39N3O8. The van der Waals surface area contributed by atoms with Crippen molar-refractivity contribution >= 4 is 24.1 Å². The number of carbonyl (C=O) groups excluding carboxylic acids is 3. The van der Waals surface area contributed by atoms with Crippen molar-refractivity contribution in [3.8, 4) is 5.75 Å². The van der Waals surface area contributed by atoms with Crippen LogP contribution in [0.2, 0.25) is 0 Å². The number of hydrogen-bond donors (Lipinski definition) is 2. The first-order valence-electron chi connectivity index (χ1n) is 13.6. The molecule has 4 bridgehead atoms. The van der Waals surface area contributed by atoms with Gasteiger partial charge >= 0.3 is 18.2 Å². The molecule has 0 spiro atoms. The minimum atomic E-state index is -1.21. The lowest BCUT2D eigenvalue weighted by Crippen LogP contribution is -2.57. The normalized spacial score (nSPS) is 26.6. The highest BCUT2D eigenvalue weighted by atomic mass is 16.6. The summed E-state index contributed by atoms with van der Waals surface area (Å²) in [5.74, 6) is -1.10. The van der Waals surface area contributed by atoms with Crippen LogP contribution < -0.4 is 10.1 Å². The van der Waals surface area contributed by atoms with E-state index in [-0.39, 0.29) is 25.0 Å². The van der Waals surface area contributed by atoms with E-state index in [9.17, 15) is 24.3 Å². The molecule has 3 aliphatic heterocycles. The van der Waals surface area contributed by atoms with Gasteiger partial charge in [0.2, 0.25) is 5.91 Å². The lowest BCUT2D eigenvalue weighted by atomic mass is 9.85. The van der Waals surface area contributed by atoms with E-state index >= 15 is 0 Å². The minimum absolute atomic E-state index is 0.0518. The van der Waals surface area contributed by atoms with Gasteiger partial charge in [-0.05, 0) is 23.5 Å². The number of aliphatic carboxylic acids is 1. The lowest BCUT2D eigenvalue weighted by molar-refractivity contribution is -0.150. The van der Waals surface area contributed by atoms with Gasteiger partial charge in [-0.3, -0.25) is 9.69 Å². The van der Waals surface area contributed by atoms with Crippen molar-refractivity contribution in [2.45, 2.75) is 78.7 Å². The Labute approximate surface area is 234 Å². The average molecular weight is 558 g/mol. The molecule has 3 aliphatic rings. The van der Waals surface area contributed by atoms with Crippen LogP contribution in [-0.2, 0) is 32.2 Å². The van der Waals surface area contributed by atoms with Gasteiger partial charge in [-0.1, -0.05) is 58.9 Å². The Morgan fingerprint density at radius 2 is 1.85 bits per heavy atom. The number of nitrogens with zero attached hydrogens (tertiary/aromatic N) is 2. The van der Waals surface area contributed by atoms with E-state index in [1.54, 1.807) is 20.8 Å². The molecule has 1 unspecified atom stereocenters. The molecule has 3 atom stereocenters. The summed E-state index contributed by atoms with van der Waals surface area (Å²) in [5.41, 5.74) is 0.725. The van der Waals surface area contributed by atoms with Crippen LogP contribution in [0.25, 0.3) is 0 Å². The van der Waals surface area contributed by atoms with Crippen LogP contribution in [0, 0.1) is 10.8 Å². The molecule has 218 valence electrons. The van der Waals surface area contributed by atoms with Crippen LogP contribution in [0.5, 0.6) is 5.75 Å². The first-order valence-corrected chi connectivity index (χ1v) is 13.6. The van der Waals surface area contributed by atoms with Gasteiger partial charge in [0.05, 0.1) is 19.7 Å². The fourth-order valence-corrected chi connectivity index (χ4v) is 5.14. The quantitative estimate of drug-likeness (QED) is 0.499. The van der Waals surface area contributed by atoms with Gasteiger partial charge in [-0.15, -0.1) is 0 Å². The fourth-order valence-electron chi connectivity index (χ4n) is 5.14. The molecule has 4 rings (SSSR count). The molecule has 0 aromatic heterocycles. The van der Waals surface area contributed by atoms with Gasteiger partial charge in [0.25, 0.3) is 0 Å². The second-order valence-corrected chi connectivity index (χ2v) is 12.5. The molecular weight excluding hydrogens is 518 g/mol. The van der Waals surface area contributed by atoms with E-state index in [1.165, 1.54) is 9.80 Å². The third-order valence-electron chi connectivity index (χ3n) is 7.44. The molecule has 0 aliphatic carbocycles. The van der Waals surface area contributed by atoms with Gasteiger partial charge in [0, 0.05) is 23.9 Å². The monoisotopic (exact) mass is 557 g/mol. The third kappa shape index (κ3) is 6.68. The zero-order valence-electron chi connectivity index (χ0n) is 23.8. The summed E-state index contributed by atoms with van der Waals surface area (Å²) in [5, 5.41) is 12.5. The molecule has 0 saturated carbocycles. The zero-order valence-corrected chi connectivity index (χ0v) is 23.8. The number of benzene rings is 1. The highest BCUT2D eigenvalue weighted by Gasteiger charge is 2.46. The van der Waals surface area contributed by atoms with Crippen molar-refractivity contribution in [1.82, 2.24) is 15.1 Å². The number of ether oxygens (including phenoxy) is 3. The molecule has 1 saturated heterocycles. The summed E-state index contributed by atoms with van der Waals surface area (Å²) in [6.07, 6.45) is 2.27. The summed E-state index contributed by atoms with van der Waals surface area (Å²) in [4.78, 5) is 54.4. The maximum absolute atomic E-state index is 13.7. The number of carbonyl (C=O) groups is 4. The predicted molar refractivity (Wildman–Crippen MR) is 144 cm³/mol. The Bertz CT molecular complexity index is 1190. The zero-order chi connectivity index (χ0) is 29.2. The SMILES string of the molecule is CC1(C)C/C=C/COc2cccc3c2CN(C3)C(=O)O[C@@H]2CC(C(=O)O)N(C2)C(=O)[C@H](C(C)(C)C)NC(=O)OC1. The number of allylic oxidation sites excluding steroid dienone is 1. The number of fused-ring (bicyclic) bond motifs is 3. The Kier molecular flexibility index (Phi) is 8.32. The number of rotatable bonds is 1. The van der Waals surface area contributed by atoms with Crippen LogP contribution in [0.1, 0.15) is 58.6 Å².